The van der Waals surface area contributed by atoms with Crippen LogP contribution in [-0.4, -0.2) is 28.9 Å². The molecule has 2 atom stereocenters. The molecule has 1 amide bonds. The second kappa shape index (κ2) is 5.23. The van der Waals surface area contributed by atoms with Gasteiger partial charge in [0.2, 0.25) is 0 Å². The highest BCUT2D eigenvalue weighted by Crippen LogP contribution is 2.23. The lowest BCUT2D eigenvalue weighted by Gasteiger charge is -2.35. The molecule has 3 rings (SSSR count). The number of hydrogen-bond acceptors (Lipinski definition) is 2. The van der Waals surface area contributed by atoms with Gasteiger partial charge in [-0.2, -0.15) is 0 Å². The molecule has 1 aromatic heterocycles. The van der Waals surface area contributed by atoms with Crippen molar-refractivity contribution in [2.75, 3.05) is 13.1 Å². The fraction of sp³-hybridized carbons (Fsp3) is 0.412. The predicted molar refractivity (Wildman–Crippen MR) is 80.6 cm³/mol. The van der Waals surface area contributed by atoms with E-state index in [-0.39, 0.29) is 5.91 Å². The molecular weight excluding hydrogens is 248 g/mol. The normalized spacial score (nSPS) is 23.0. The summed E-state index contributed by atoms with van der Waals surface area (Å²) in [6, 6.07) is 9.68. The minimum absolute atomic E-state index is 0.147. The molecule has 20 heavy (non-hydrogen) atoms. The molecular formula is C17H20N2O. The first-order chi connectivity index (χ1) is 9.63. The minimum atomic E-state index is 0.147. The van der Waals surface area contributed by atoms with E-state index in [9.17, 15) is 4.79 Å². The van der Waals surface area contributed by atoms with Crippen LogP contribution in [0.15, 0.2) is 36.5 Å². The van der Waals surface area contributed by atoms with E-state index in [1.54, 1.807) is 6.20 Å². The number of nitrogens with zero attached hydrogens (tertiary/aromatic N) is 2. The Labute approximate surface area is 119 Å². The fourth-order valence-corrected chi connectivity index (χ4v) is 3.22. The first-order valence-corrected chi connectivity index (χ1v) is 7.27. The standard InChI is InChI=1S/C17H20N2O/c1-12-8-13(2)11-19(10-12)17(20)15-5-6-16-14(9-15)4-3-7-18-16/h3-7,9,12-13H,8,10-11H2,1-2H3. The number of aromatic nitrogens is 1. The highest BCUT2D eigenvalue weighted by Gasteiger charge is 2.26. The van der Waals surface area contributed by atoms with Crippen molar-refractivity contribution in [2.45, 2.75) is 20.3 Å². The lowest BCUT2D eigenvalue weighted by atomic mass is 9.91. The smallest absolute Gasteiger partial charge is 0.253 e. The maximum absolute atomic E-state index is 12.6. The third-order valence-electron chi connectivity index (χ3n) is 4.01. The van der Waals surface area contributed by atoms with Crippen molar-refractivity contribution in [3.05, 3.63) is 42.1 Å². The molecule has 1 saturated heterocycles. The molecule has 3 nitrogen and oxygen atoms in total. The van der Waals surface area contributed by atoms with Gasteiger partial charge in [-0.05, 0) is 42.5 Å². The summed E-state index contributed by atoms with van der Waals surface area (Å²) in [5.74, 6) is 1.32. The Balaban J connectivity index is 1.88. The van der Waals surface area contributed by atoms with E-state index >= 15 is 0 Å². The van der Waals surface area contributed by atoms with Crippen molar-refractivity contribution in [2.24, 2.45) is 11.8 Å². The molecule has 1 fully saturated rings. The van der Waals surface area contributed by atoms with Crippen LogP contribution in [0.25, 0.3) is 10.9 Å². The van der Waals surface area contributed by atoms with Gasteiger partial charge in [0.1, 0.15) is 0 Å². The number of pyridine rings is 1. The number of piperidine rings is 1. The van der Waals surface area contributed by atoms with Crippen LogP contribution >= 0.6 is 0 Å². The van der Waals surface area contributed by atoms with Crippen LogP contribution in [0, 0.1) is 11.8 Å². The molecule has 0 radical (unpaired) electrons. The van der Waals surface area contributed by atoms with Gasteiger partial charge in [-0.3, -0.25) is 9.78 Å². The number of rotatable bonds is 1. The van der Waals surface area contributed by atoms with E-state index in [1.807, 2.05) is 35.2 Å². The summed E-state index contributed by atoms with van der Waals surface area (Å²) >= 11 is 0. The summed E-state index contributed by atoms with van der Waals surface area (Å²) in [6.45, 7) is 6.18. The van der Waals surface area contributed by atoms with E-state index in [0.29, 0.717) is 11.8 Å². The Hall–Kier alpha value is -1.90. The van der Waals surface area contributed by atoms with E-state index in [2.05, 4.69) is 18.8 Å². The van der Waals surface area contributed by atoms with Gasteiger partial charge in [-0.1, -0.05) is 19.9 Å². The van der Waals surface area contributed by atoms with Crippen molar-refractivity contribution >= 4 is 16.8 Å². The Morgan fingerprint density at radius 3 is 2.70 bits per heavy atom. The minimum Gasteiger partial charge on any atom is -0.338 e. The molecule has 1 aliphatic heterocycles. The Bertz CT molecular complexity index is 628. The van der Waals surface area contributed by atoms with E-state index < -0.39 is 0 Å². The zero-order chi connectivity index (χ0) is 14.1. The topological polar surface area (TPSA) is 33.2 Å². The lowest BCUT2D eigenvalue weighted by molar-refractivity contribution is 0.0623. The largest absolute Gasteiger partial charge is 0.338 e. The summed E-state index contributed by atoms with van der Waals surface area (Å²) in [5, 5.41) is 1.02. The van der Waals surface area contributed by atoms with Gasteiger partial charge >= 0.3 is 0 Å². The summed E-state index contributed by atoms with van der Waals surface area (Å²) in [7, 11) is 0. The second-order valence-corrected chi connectivity index (χ2v) is 6.07. The van der Waals surface area contributed by atoms with Crippen LogP contribution < -0.4 is 0 Å². The van der Waals surface area contributed by atoms with Gasteiger partial charge < -0.3 is 4.90 Å². The first-order valence-electron chi connectivity index (χ1n) is 7.27. The Kier molecular flexibility index (Phi) is 3.43. The Morgan fingerprint density at radius 1 is 1.20 bits per heavy atom. The molecule has 104 valence electrons. The number of carbonyl (C=O) groups excluding carboxylic acids is 1. The number of amides is 1. The second-order valence-electron chi connectivity index (χ2n) is 6.07. The van der Waals surface area contributed by atoms with E-state index in [1.165, 1.54) is 6.42 Å². The fourth-order valence-electron chi connectivity index (χ4n) is 3.22. The van der Waals surface area contributed by atoms with Crippen molar-refractivity contribution in [1.29, 1.82) is 0 Å². The van der Waals surface area contributed by atoms with Crippen LogP contribution in [0.1, 0.15) is 30.6 Å². The number of fused-ring (bicyclic) bond motifs is 1. The van der Waals surface area contributed by atoms with Gasteiger partial charge in [-0.25, -0.2) is 0 Å². The van der Waals surface area contributed by atoms with Gasteiger partial charge in [-0.15, -0.1) is 0 Å². The van der Waals surface area contributed by atoms with Gasteiger partial charge in [0.05, 0.1) is 5.52 Å². The average Bonchev–Trinajstić information content (AvgIpc) is 2.45. The molecule has 0 spiro atoms. The van der Waals surface area contributed by atoms with Crippen LogP contribution in [0.5, 0.6) is 0 Å². The van der Waals surface area contributed by atoms with Gasteiger partial charge in [0, 0.05) is 30.2 Å². The van der Waals surface area contributed by atoms with Gasteiger partial charge in [0.15, 0.2) is 0 Å². The molecule has 2 unspecified atom stereocenters. The van der Waals surface area contributed by atoms with Crippen molar-refractivity contribution in [3.63, 3.8) is 0 Å². The van der Waals surface area contributed by atoms with Crippen LogP contribution in [0.4, 0.5) is 0 Å². The van der Waals surface area contributed by atoms with Crippen LogP contribution in [0.3, 0.4) is 0 Å². The zero-order valence-corrected chi connectivity index (χ0v) is 12.0. The number of benzene rings is 1. The highest BCUT2D eigenvalue weighted by atomic mass is 16.2. The SMILES string of the molecule is CC1CC(C)CN(C(=O)c2ccc3ncccc3c2)C1. The average molecular weight is 268 g/mol. The molecule has 0 N–H and O–H groups in total. The summed E-state index contributed by atoms with van der Waals surface area (Å²) < 4.78 is 0. The third kappa shape index (κ3) is 2.53. The highest BCUT2D eigenvalue weighted by molar-refractivity contribution is 5.98. The Morgan fingerprint density at radius 2 is 1.95 bits per heavy atom. The molecule has 2 heterocycles. The quantitative estimate of drug-likeness (QED) is 0.794. The van der Waals surface area contributed by atoms with E-state index in [4.69, 9.17) is 0 Å². The maximum Gasteiger partial charge on any atom is 0.253 e. The maximum atomic E-state index is 12.6. The molecule has 0 saturated carbocycles. The molecule has 3 heteroatoms. The predicted octanol–water partition coefficient (Wildman–Crippen LogP) is 3.35. The van der Waals surface area contributed by atoms with Gasteiger partial charge in [0.25, 0.3) is 5.91 Å². The molecule has 1 aromatic carbocycles. The molecule has 0 bridgehead atoms. The first kappa shape index (κ1) is 13.1. The summed E-state index contributed by atoms with van der Waals surface area (Å²) in [6.07, 6.45) is 2.99. The molecule has 2 aromatic rings. The monoisotopic (exact) mass is 268 g/mol. The summed E-state index contributed by atoms with van der Waals surface area (Å²) in [5.41, 5.74) is 1.70. The van der Waals surface area contributed by atoms with Crippen molar-refractivity contribution in [3.8, 4) is 0 Å². The van der Waals surface area contributed by atoms with Crippen molar-refractivity contribution < 1.29 is 4.79 Å². The van der Waals surface area contributed by atoms with Crippen LogP contribution in [-0.2, 0) is 0 Å². The molecule has 1 aliphatic rings. The van der Waals surface area contributed by atoms with Crippen LogP contribution in [0.2, 0.25) is 0 Å². The number of carbonyl (C=O) groups is 1. The van der Waals surface area contributed by atoms with E-state index in [0.717, 1.165) is 29.6 Å². The van der Waals surface area contributed by atoms with Crippen molar-refractivity contribution in [1.82, 2.24) is 9.88 Å². The lowest BCUT2D eigenvalue weighted by Crippen LogP contribution is -2.42. The third-order valence-corrected chi connectivity index (χ3v) is 4.01. The molecule has 0 aliphatic carbocycles. The number of likely N-dealkylation sites (tertiary alicyclic amines) is 1. The number of hydrogen-bond donors (Lipinski definition) is 0. The summed E-state index contributed by atoms with van der Waals surface area (Å²) in [4.78, 5) is 18.9. The zero-order valence-electron chi connectivity index (χ0n) is 12.0.